The Balaban J connectivity index is 0. The summed E-state index contributed by atoms with van der Waals surface area (Å²) in [6.45, 7) is 18.8. The SMILES string of the molecule is CC.CCC(C)N(C)CCOCCOCCOCCOCCC(=O)N(C)CCCN(C)CC. The van der Waals surface area contributed by atoms with Crippen LogP contribution in [0.25, 0.3) is 0 Å². The molecule has 0 aliphatic carbocycles. The molecule has 0 heterocycles. The lowest BCUT2D eigenvalue weighted by atomic mass is 10.2. The molecule has 0 aromatic carbocycles. The summed E-state index contributed by atoms with van der Waals surface area (Å²) in [7, 11) is 6.07. The van der Waals surface area contributed by atoms with Crippen molar-refractivity contribution in [1.82, 2.24) is 14.7 Å². The minimum Gasteiger partial charge on any atom is -0.379 e. The van der Waals surface area contributed by atoms with Gasteiger partial charge in [0.25, 0.3) is 0 Å². The van der Waals surface area contributed by atoms with Crippen LogP contribution in [0.15, 0.2) is 0 Å². The van der Waals surface area contributed by atoms with Crippen LogP contribution in [0.1, 0.15) is 53.9 Å². The number of carbonyl (C=O) groups is 1. The van der Waals surface area contributed by atoms with Crippen molar-refractivity contribution < 1.29 is 23.7 Å². The fourth-order valence-electron chi connectivity index (χ4n) is 2.71. The maximum absolute atomic E-state index is 12.0. The molecule has 0 aliphatic heterocycles. The summed E-state index contributed by atoms with van der Waals surface area (Å²) in [5.74, 6) is 0.127. The largest absolute Gasteiger partial charge is 0.379 e. The van der Waals surface area contributed by atoms with Gasteiger partial charge in [0, 0.05) is 26.2 Å². The first-order valence-corrected chi connectivity index (χ1v) is 12.9. The van der Waals surface area contributed by atoms with Crippen molar-refractivity contribution in [3.05, 3.63) is 0 Å². The number of rotatable bonds is 22. The van der Waals surface area contributed by atoms with Gasteiger partial charge in [-0.2, -0.15) is 0 Å². The van der Waals surface area contributed by atoms with E-state index in [-0.39, 0.29) is 5.91 Å². The van der Waals surface area contributed by atoms with Crippen LogP contribution in [-0.4, -0.2) is 127 Å². The number of nitrogens with zero attached hydrogens (tertiary/aromatic N) is 3. The molecule has 0 bridgehead atoms. The Morgan fingerprint density at radius 3 is 1.70 bits per heavy atom. The zero-order valence-corrected chi connectivity index (χ0v) is 23.1. The molecule has 0 aliphatic rings. The molecule has 0 fully saturated rings. The third-order valence-electron chi connectivity index (χ3n) is 5.51. The van der Waals surface area contributed by atoms with Gasteiger partial charge in [0.05, 0.1) is 59.3 Å². The number of likely N-dealkylation sites (N-methyl/N-ethyl adjacent to an activating group) is 1. The highest BCUT2D eigenvalue weighted by Gasteiger charge is 2.08. The molecule has 8 nitrogen and oxygen atoms in total. The van der Waals surface area contributed by atoms with E-state index in [4.69, 9.17) is 18.9 Å². The minimum atomic E-state index is 0.127. The second-order valence-electron chi connectivity index (χ2n) is 8.00. The summed E-state index contributed by atoms with van der Waals surface area (Å²) in [6, 6.07) is 0.589. The number of hydrogen-bond acceptors (Lipinski definition) is 7. The van der Waals surface area contributed by atoms with Crippen molar-refractivity contribution in [2.24, 2.45) is 0 Å². The molecule has 1 atom stereocenters. The lowest BCUT2D eigenvalue weighted by Gasteiger charge is -2.23. The van der Waals surface area contributed by atoms with Crippen LogP contribution in [0.2, 0.25) is 0 Å². The van der Waals surface area contributed by atoms with Crippen LogP contribution >= 0.6 is 0 Å². The monoisotopic (exact) mass is 477 g/mol. The lowest BCUT2D eigenvalue weighted by molar-refractivity contribution is -0.131. The molecular formula is C25H55N3O5. The molecule has 0 aromatic rings. The van der Waals surface area contributed by atoms with Gasteiger partial charge in [-0.15, -0.1) is 0 Å². The number of amides is 1. The van der Waals surface area contributed by atoms with Crippen molar-refractivity contribution in [3.63, 3.8) is 0 Å². The Hall–Kier alpha value is -0.770. The predicted molar refractivity (Wildman–Crippen MR) is 137 cm³/mol. The van der Waals surface area contributed by atoms with E-state index in [1.165, 1.54) is 0 Å². The summed E-state index contributed by atoms with van der Waals surface area (Å²) in [4.78, 5) is 18.4. The second-order valence-corrected chi connectivity index (χ2v) is 8.00. The van der Waals surface area contributed by atoms with E-state index < -0.39 is 0 Å². The van der Waals surface area contributed by atoms with Crippen LogP contribution in [-0.2, 0) is 23.7 Å². The summed E-state index contributed by atoms with van der Waals surface area (Å²) < 4.78 is 22.0. The Morgan fingerprint density at radius 1 is 0.727 bits per heavy atom. The zero-order chi connectivity index (χ0) is 25.3. The van der Waals surface area contributed by atoms with Crippen molar-refractivity contribution in [1.29, 1.82) is 0 Å². The molecule has 0 spiro atoms. The first-order valence-electron chi connectivity index (χ1n) is 12.9. The molecule has 1 amide bonds. The molecular weight excluding hydrogens is 422 g/mol. The number of carbonyl (C=O) groups excluding carboxylic acids is 1. The van der Waals surface area contributed by atoms with Gasteiger partial charge in [-0.3, -0.25) is 4.79 Å². The highest BCUT2D eigenvalue weighted by atomic mass is 16.6. The molecule has 0 saturated carbocycles. The van der Waals surface area contributed by atoms with E-state index in [0.717, 1.165) is 45.6 Å². The average molecular weight is 478 g/mol. The Labute approximate surface area is 204 Å². The molecule has 0 radical (unpaired) electrons. The standard InChI is InChI=1S/C23H49N3O5.C2H6/c1-7-22(3)25(5)13-15-29-17-19-31-21-20-30-18-16-28-14-10-23(27)26(6)12-9-11-24(4)8-2;1-2/h22H,7-21H2,1-6H3;1-2H3. The quantitative estimate of drug-likeness (QED) is 0.222. The predicted octanol–water partition coefficient (Wildman–Crippen LogP) is 3.00. The van der Waals surface area contributed by atoms with Crippen LogP contribution < -0.4 is 0 Å². The zero-order valence-electron chi connectivity index (χ0n) is 23.1. The van der Waals surface area contributed by atoms with E-state index in [1.807, 2.05) is 20.9 Å². The van der Waals surface area contributed by atoms with Crippen LogP contribution in [0.4, 0.5) is 0 Å². The van der Waals surface area contributed by atoms with Gasteiger partial charge < -0.3 is 33.6 Å². The third kappa shape index (κ3) is 22.8. The molecule has 200 valence electrons. The topological polar surface area (TPSA) is 63.7 Å². The molecule has 0 aromatic heterocycles. The Bertz CT molecular complexity index is 416. The molecule has 1 unspecified atom stereocenters. The summed E-state index contributed by atoms with van der Waals surface area (Å²) in [6.07, 6.45) is 2.55. The fraction of sp³-hybridized carbons (Fsp3) is 0.960. The molecule has 0 N–H and O–H groups in total. The smallest absolute Gasteiger partial charge is 0.224 e. The fourth-order valence-corrected chi connectivity index (χ4v) is 2.71. The van der Waals surface area contributed by atoms with Gasteiger partial charge in [0.1, 0.15) is 0 Å². The van der Waals surface area contributed by atoms with Crippen molar-refractivity contribution >= 4 is 5.91 Å². The molecule has 8 heteroatoms. The van der Waals surface area contributed by atoms with Crippen molar-refractivity contribution in [2.45, 2.75) is 59.9 Å². The van der Waals surface area contributed by atoms with Crippen LogP contribution in [0, 0.1) is 0 Å². The van der Waals surface area contributed by atoms with Gasteiger partial charge in [-0.1, -0.05) is 27.7 Å². The van der Waals surface area contributed by atoms with E-state index in [2.05, 4.69) is 44.7 Å². The normalized spacial score (nSPS) is 12.1. The average Bonchev–Trinajstić information content (AvgIpc) is 2.84. The van der Waals surface area contributed by atoms with E-state index in [1.54, 1.807) is 4.90 Å². The van der Waals surface area contributed by atoms with Crippen molar-refractivity contribution in [2.75, 3.05) is 100 Å². The van der Waals surface area contributed by atoms with Crippen LogP contribution in [0.3, 0.4) is 0 Å². The first-order chi connectivity index (χ1) is 15.9. The second kappa shape index (κ2) is 25.8. The molecule has 0 rings (SSSR count). The Kier molecular flexibility index (Phi) is 26.9. The maximum atomic E-state index is 12.0. The third-order valence-corrected chi connectivity index (χ3v) is 5.51. The Morgan fingerprint density at radius 2 is 1.21 bits per heavy atom. The summed E-state index contributed by atoms with van der Waals surface area (Å²) >= 11 is 0. The van der Waals surface area contributed by atoms with Crippen LogP contribution in [0.5, 0.6) is 0 Å². The van der Waals surface area contributed by atoms with Gasteiger partial charge in [-0.25, -0.2) is 0 Å². The van der Waals surface area contributed by atoms with E-state index in [0.29, 0.717) is 58.7 Å². The molecule has 33 heavy (non-hydrogen) atoms. The highest BCUT2D eigenvalue weighted by Crippen LogP contribution is 1.99. The highest BCUT2D eigenvalue weighted by molar-refractivity contribution is 5.75. The van der Waals surface area contributed by atoms with Gasteiger partial charge >= 0.3 is 0 Å². The van der Waals surface area contributed by atoms with Crippen molar-refractivity contribution in [3.8, 4) is 0 Å². The minimum absolute atomic E-state index is 0.127. The lowest BCUT2D eigenvalue weighted by Crippen LogP contribution is -2.31. The number of ether oxygens (including phenoxy) is 4. The van der Waals surface area contributed by atoms with E-state index in [9.17, 15) is 4.79 Å². The number of hydrogen-bond donors (Lipinski definition) is 0. The first kappa shape index (κ1) is 34.4. The van der Waals surface area contributed by atoms with Gasteiger partial charge in [-0.05, 0) is 47.0 Å². The van der Waals surface area contributed by atoms with Gasteiger partial charge in [0.15, 0.2) is 0 Å². The maximum Gasteiger partial charge on any atom is 0.224 e. The molecule has 0 saturated heterocycles. The summed E-state index contributed by atoms with van der Waals surface area (Å²) in [5, 5.41) is 0. The van der Waals surface area contributed by atoms with E-state index >= 15 is 0 Å². The summed E-state index contributed by atoms with van der Waals surface area (Å²) in [5.41, 5.74) is 0. The van der Waals surface area contributed by atoms with Gasteiger partial charge in [0.2, 0.25) is 5.91 Å².